The van der Waals surface area contributed by atoms with Gasteiger partial charge in [-0.15, -0.1) is 0 Å². The van der Waals surface area contributed by atoms with Crippen molar-refractivity contribution in [2.45, 2.75) is 31.4 Å². The van der Waals surface area contributed by atoms with Gasteiger partial charge in [-0.05, 0) is 25.0 Å². The SMILES string of the molecule is N=C(N)c1cccc(O[C@H]2CN[C@H](C(=O)N3CCCC3)C2)c1. The van der Waals surface area contributed by atoms with Crippen LogP contribution < -0.4 is 15.8 Å². The number of nitrogen functional groups attached to an aromatic ring is 1. The van der Waals surface area contributed by atoms with Crippen molar-refractivity contribution in [1.29, 1.82) is 5.41 Å². The van der Waals surface area contributed by atoms with E-state index in [1.807, 2.05) is 17.0 Å². The van der Waals surface area contributed by atoms with Crippen molar-refractivity contribution in [3.63, 3.8) is 0 Å². The molecule has 3 rings (SSSR count). The molecule has 2 aliphatic heterocycles. The van der Waals surface area contributed by atoms with Gasteiger partial charge < -0.3 is 20.7 Å². The van der Waals surface area contributed by atoms with E-state index < -0.39 is 0 Å². The molecule has 6 heteroatoms. The van der Waals surface area contributed by atoms with Crippen LogP contribution in [-0.2, 0) is 4.79 Å². The van der Waals surface area contributed by atoms with Gasteiger partial charge in [-0.1, -0.05) is 12.1 Å². The Balaban J connectivity index is 1.57. The van der Waals surface area contributed by atoms with E-state index in [1.54, 1.807) is 12.1 Å². The molecule has 0 bridgehead atoms. The van der Waals surface area contributed by atoms with Gasteiger partial charge in [0.1, 0.15) is 17.7 Å². The molecule has 0 unspecified atom stereocenters. The Morgan fingerprint density at radius 1 is 1.36 bits per heavy atom. The fourth-order valence-corrected chi connectivity index (χ4v) is 3.07. The number of carbonyl (C=O) groups is 1. The number of nitrogens with one attached hydrogen (secondary N) is 2. The molecule has 1 aromatic rings. The van der Waals surface area contributed by atoms with Gasteiger partial charge >= 0.3 is 0 Å². The number of hydrogen-bond acceptors (Lipinski definition) is 4. The smallest absolute Gasteiger partial charge is 0.239 e. The zero-order valence-corrected chi connectivity index (χ0v) is 12.5. The third-order valence-corrected chi connectivity index (χ3v) is 4.25. The third kappa shape index (κ3) is 3.22. The highest BCUT2D eigenvalue weighted by Crippen LogP contribution is 2.20. The molecule has 22 heavy (non-hydrogen) atoms. The first-order valence-electron chi connectivity index (χ1n) is 7.77. The lowest BCUT2D eigenvalue weighted by molar-refractivity contribution is -0.132. The number of ether oxygens (including phenoxy) is 1. The van der Waals surface area contributed by atoms with Crippen LogP contribution in [0.2, 0.25) is 0 Å². The summed E-state index contributed by atoms with van der Waals surface area (Å²) in [6.45, 7) is 2.42. The molecule has 4 N–H and O–H groups in total. The second kappa shape index (κ2) is 6.36. The minimum atomic E-state index is -0.140. The molecular formula is C16H22N4O2. The van der Waals surface area contributed by atoms with E-state index >= 15 is 0 Å². The Kier molecular flexibility index (Phi) is 4.29. The standard InChI is InChI=1S/C16H22N4O2/c17-15(18)11-4-3-5-12(8-11)22-13-9-14(19-10-13)16(21)20-6-1-2-7-20/h3-5,8,13-14,19H,1-2,6-7,9-10H2,(H3,17,18)/t13-,14+/m1/s1. The first-order chi connectivity index (χ1) is 10.6. The average molecular weight is 302 g/mol. The number of amides is 1. The van der Waals surface area contributed by atoms with Crippen LogP contribution in [0.4, 0.5) is 0 Å². The molecule has 2 fully saturated rings. The van der Waals surface area contributed by atoms with Crippen LogP contribution in [0.5, 0.6) is 5.75 Å². The van der Waals surface area contributed by atoms with Gasteiger partial charge in [0, 0.05) is 31.6 Å². The molecule has 2 atom stereocenters. The largest absolute Gasteiger partial charge is 0.489 e. The van der Waals surface area contributed by atoms with Gasteiger partial charge in [0.2, 0.25) is 5.91 Å². The van der Waals surface area contributed by atoms with Crippen molar-refractivity contribution in [1.82, 2.24) is 10.2 Å². The fourth-order valence-electron chi connectivity index (χ4n) is 3.07. The lowest BCUT2D eigenvalue weighted by Gasteiger charge is -2.20. The molecule has 0 aromatic heterocycles. The zero-order chi connectivity index (χ0) is 15.5. The Morgan fingerprint density at radius 3 is 2.86 bits per heavy atom. The van der Waals surface area contributed by atoms with Crippen molar-refractivity contribution < 1.29 is 9.53 Å². The fraction of sp³-hybridized carbons (Fsp3) is 0.500. The molecule has 1 aromatic carbocycles. The van der Waals surface area contributed by atoms with E-state index in [2.05, 4.69) is 5.32 Å². The van der Waals surface area contributed by atoms with Crippen LogP contribution in [-0.4, -0.2) is 48.4 Å². The number of carbonyl (C=O) groups excluding carboxylic acids is 1. The summed E-state index contributed by atoms with van der Waals surface area (Å²) in [4.78, 5) is 14.3. The molecule has 2 aliphatic rings. The van der Waals surface area contributed by atoms with Crippen LogP contribution in [0.1, 0.15) is 24.8 Å². The van der Waals surface area contributed by atoms with Gasteiger partial charge in [-0.25, -0.2) is 0 Å². The highest BCUT2D eigenvalue weighted by Gasteiger charge is 2.34. The summed E-state index contributed by atoms with van der Waals surface area (Å²) in [6, 6.07) is 7.07. The van der Waals surface area contributed by atoms with E-state index in [4.69, 9.17) is 15.9 Å². The quantitative estimate of drug-likeness (QED) is 0.564. The van der Waals surface area contributed by atoms with Crippen LogP contribution in [0, 0.1) is 5.41 Å². The molecule has 0 saturated carbocycles. The van der Waals surface area contributed by atoms with E-state index in [-0.39, 0.29) is 23.9 Å². The number of likely N-dealkylation sites (tertiary alicyclic amines) is 1. The first-order valence-corrected chi connectivity index (χ1v) is 7.77. The van der Waals surface area contributed by atoms with Crippen LogP contribution in [0.3, 0.4) is 0 Å². The van der Waals surface area contributed by atoms with Crippen LogP contribution in [0.15, 0.2) is 24.3 Å². The Hall–Kier alpha value is -2.08. The summed E-state index contributed by atoms with van der Waals surface area (Å²) in [5.41, 5.74) is 6.13. The van der Waals surface area contributed by atoms with Crippen LogP contribution >= 0.6 is 0 Å². The maximum atomic E-state index is 12.4. The molecule has 0 aliphatic carbocycles. The van der Waals surface area contributed by atoms with Gasteiger partial charge in [0.15, 0.2) is 0 Å². The monoisotopic (exact) mass is 302 g/mol. The van der Waals surface area contributed by atoms with Crippen molar-refractivity contribution in [3.05, 3.63) is 29.8 Å². The van der Waals surface area contributed by atoms with Crippen molar-refractivity contribution in [3.8, 4) is 5.75 Å². The van der Waals surface area contributed by atoms with Crippen molar-refractivity contribution in [2.75, 3.05) is 19.6 Å². The number of amidine groups is 1. The normalized spacial score (nSPS) is 24.5. The number of hydrogen-bond donors (Lipinski definition) is 3. The van der Waals surface area contributed by atoms with E-state index in [9.17, 15) is 4.79 Å². The maximum Gasteiger partial charge on any atom is 0.239 e. The van der Waals surface area contributed by atoms with Gasteiger partial charge in [-0.2, -0.15) is 0 Å². The average Bonchev–Trinajstić information content (AvgIpc) is 3.18. The van der Waals surface area contributed by atoms with Crippen molar-refractivity contribution in [2.24, 2.45) is 5.73 Å². The number of nitrogens with two attached hydrogens (primary N) is 1. The Bertz CT molecular complexity index is 569. The minimum Gasteiger partial charge on any atom is -0.489 e. The number of rotatable bonds is 4. The molecule has 2 heterocycles. The Morgan fingerprint density at radius 2 is 2.14 bits per heavy atom. The van der Waals surface area contributed by atoms with E-state index in [0.29, 0.717) is 24.3 Å². The van der Waals surface area contributed by atoms with Crippen LogP contribution in [0.25, 0.3) is 0 Å². The van der Waals surface area contributed by atoms with E-state index in [1.165, 1.54) is 0 Å². The van der Waals surface area contributed by atoms with Gasteiger partial charge in [0.25, 0.3) is 0 Å². The zero-order valence-electron chi connectivity index (χ0n) is 12.5. The number of benzene rings is 1. The third-order valence-electron chi connectivity index (χ3n) is 4.25. The number of nitrogens with zero attached hydrogens (tertiary/aromatic N) is 1. The predicted molar refractivity (Wildman–Crippen MR) is 84.1 cm³/mol. The predicted octanol–water partition coefficient (Wildman–Crippen LogP) is 0.702. The summed E-state index contributed by atoms with van der Waals surface area (Å²) < 4.78 is 5.92. The lowest BCUT2D eigenvalue weighted by Crippen LogP contribution is -2.42. The summed E-state index contributed by atoms with van der Waals surface area (Å²) in [6.07, 6.45) is 2.87. The van der Waals surface area contributed by atoms with E-state index in [0.717, 1.165) is 25.9 Å². The lowest BCUT2D eigenvalue weighted by atomic mass is 10.1. The summed E-state index contributed by atoms with van der Waals surface area (Å²) in [5, 5.41) is 10.7. The Labute approximate surface area is 130 Å². The maximum absolute atomic E-state index is 12.4. The molecule has 0 radical (unpaired) electrons. The van der Waals surface area contributed by atoms with Gasteiger partial charge in [-0.3, -0.25) is 10.2 Å². The minimum absolute atomic E-state index is 0.0251. The molecule has 0 spiro atoms. The second-order valence-electron chi connectivity index (χ2n) is 5.91. The summed E-state index contributed by atoms with van der Waals surface area (Å²) in [7, 11) is 0. The topological polar surface area (TPSA) is 91.4 Å². The summed E-state index contributed by atoms with van der Waals surface area (Å²) in [5.74, 6) is 0.909. The summed E-state index contributed by atoms with van der Waals surface area (Å²) >= 11 is 0. The molecule has 1 amide bonds. The molecular weight excluding hydrogens is 280 g/mol. The first kappa shape index (κ1) is 14.8. The molecule has 2 saturated heterocycles. The highest BCUT2D eigenvalue weighted by molar-refractivity contribution is 5.95. The highest BCUT2D eigenvalue weighted by atomic mass is 16.5. The van der Waals surface area contributed by atoms with Gasteiger partial charge in [0.05, 0.1) is 6.04 Å². The molecule has 6 nitrogen and oxygen atoms in total. The molecule has 118 valence electrons. The van der Waals surface area contributed by atoms with Crippen molar-refractivity contribution >= 4 is 11.7 Å². The second-order valence-corrected chi connectivity index (χ2v) is 5.91.